The standard InChI is InChI=1S/C13H19N3OS2.C6H14.C4H10/c1-19-17-8-7-16(18)12-6-5-9-10(12)3-2-4-11(9)13(14)15;1-5-6(2,3)4;1-4(2)3/h2-4,12,18H,5-8H2,1H3,(H3,14,15);5H2,1-4H3;4H,1-3H3/t12-;;/m0../s1. The van der Waals surface area contributed by atoms with Crippen LogP contribution in [0.2, 0.25) is 0 Å². The lowest BCUT2D eigenvalue weighted by atomic mass is 9.94. The molecule has 0 aromatic heterocycles. The summed E-state index contributed by atoms with van der Waals surface area (Å²) in [7, 11) is 0. The molecule has 168 valence electrons. The molecule has 0 fully saturated rings. The number of hydrogen-bond donors (Lipinski definition) is 3. The minimum atomic E-state index is 0.147. The van der Waals surface area contributed by atoms with Crippen LogP contribution in [0.3, 0.4) is 0 Å². The van der Waals surface area contributed by atoms with Crippen LogP contribution in [0.5, 0.6) is 0 Å². The maximum atomic E-state index is 7.64. The third-order valence-electron chi connectivity index (χ3n) is 4.47. The molecule has 0 spiro atoms. The van der Waals surface area contributed by atoms with Crippen molar-refractivity contribution in [1.29, 1.82) is 5.41 Å². The van der Waals surface area contributed by atoms with E-state index in [4.69, 9.17) is 15.3 Å². The highest BCUT2D eigenvalue weighted by Crippen LogP contribution is 2.38. The first kappa shape index (κ1) is 28.3. The predicted molar refractivity (Wildman–Crippen MR) is 134 cm³/mol. The molecule has 0 saturated carbocycles. The van der Waals surface area contributed by atoms with Crippen molar-refractivity contribution in [3.63, 3.8) is 0 Å². The highest BCUT2D eigenvalue weighted by Gasteiger charge is 2.28. The first-order valence-electron chi connectivity index (χ1n) is 10.5. The average molecular weight is 442 g/mol. The molecule has 29 heavy (non-hydrogen) atoms. The van der Waals surface area contributed by atoms with Crippen molar-refractivity contribution in [1.82, 2.24) is 4.31 Å². The Labute approximate surface area is 189 Å². The van der Waals surface area contributed by atoms with Crippen molar-refractivity contribution in [3.8, 4) is 0 Å². The van der Waals surface area contributed by atoms with E-state index in [1.54, 1.807) is 0 Å². The Morgan fingerprint density at radius 1 is 1.34 bits per heavy atom. The van der Waals surface area contributed by atoms with E-state index in [1.807, 2.05) is 22.7 Å². The van der Waals surface area contributed by atoms with E-state index in [2.05, 4.69) is 67.3 Å². The maximum Gasteiger partial charge on any atom is 0.123 e. The lowest BCUT2D eigenvalue weighted by Gasteiger charge is -2.23. The predicted octanol–water partition coefficient (Wildman–Crippen LogP) is 6.50. The number of hydrogen-bond acceptors (Lipinski definition) is 5. The molecule has 1 aromatic rings. The molecule has 0 radical (unpaired) electrons. The quantitative estimate of drug-likeness (QED) is 0.155. The number of rotatable bonds is 6. The summed E-state index contributed by atoms with van der Waals surface area (Å²) in [6.45, 7) is 16.9. The summed E-state index contributed by atoms with van der Waals surface area (Å²) < 4.78 is 7.31. The molecule has 1 aliphatic rings. The van der Waals surface area contributed by atoms with Gasteiger partial charge in [0.15, 0.2) is 0 Å². The molecule has 3 N–H and O–H groups in total. The average Bonchev–Trinajstić information content (AvgIpc) is 3.05. The number of nitrogens with one attached hydrogen (secondary N) is 1. The van der Waals surface area contributed by atoms with Crippen LogP contribution < -0.4 is 5.73 Å². The Kier molecular flexibility index (Phi) is 14.0. The van der Waals surface area contributed by atoms with E-state index in [9.17, 15) is 0 Å². The van der Waals surface area contributed by atoms with Gasteiger partial charge in [-0.25, -0.2) is 4.31 Å². The molecule has 0 bridgehead atoms. The van der Waals surface area contributed by atoms with Crippen molar-refractivity contribution in [2.24, 2.45) is 17.1 Å². The molecule has 0 saturated heterocycles. The number of amidine groups is 1. The molecular formula is C23H43N3OS2. The van der Waals surface area contributed by atoms with Gasteiger partial charge in [0, 0.05) is 24.4 Å². The number of benzene rings is 1. The minimum absolute atomic E-state index is 0.147. The van der Waals surface area contributed by atoms with Gasteiger partial charge in [-0.2, -0.15) is 0 Å². The van der Waals surface area contributed by atoms with E-state index >= 15 is 0 Å². The molecule has 0 amide bonds. The van der Waals surface area contributed by atoms with Gasteiger partial charge >= 0.3 is 0 Å². The number of nitrogens with two attached hydrogens (primary N) is 1. The van der Waals surface area contributed by atoms with Crippen molar-refractivity contribution < 1.29 is 4.18 Å². The summed E-state index contributed by atoms with van der Waals surface area (Å²) in [6.07, 6.45) is 5.15. The van der Waals surface area contributed by atoms with Crippen molar-refractivity contribution in [3.05, 3.63) is 34.9 Å². The van der Waals surface area contributed by atoms with Gasteiger partial charge in [-0.15, -0.1) is 0 Å². The minimum Gasteiger partial charge on any atom is -0.384 e. The highest BCUT2D eigenvalue weighted by molar-refractivity contribution is 7.93. The Hall–Kier alpha value is -0.690. The fourth-order valence-corrected chi connectivity index (χ4v) is 3.13. The van der Waals surface area contributed by atoms with E-state index in [1.165, 1.54) is 29.6 Å². The lowest BCUT2D eigenvalue weighted by molar-refractivity contribution is 0.283. The van der Waals surface area contributed by atoms with E-state index in [-0.39, 0.29) is 11.9 Å². The van der Waals surface area contributed by atoms with Crippen LogP contribution in [0.25, 0.3) is 0 Å². The SMILES string of the molecule is CC(C)C.CCC(C)(C)C.CSOCCN(S)[C@H]1CCc2c(C(=N)N)cccc21. The summed E-state index contributed by atoms with van der Waals surface area (Å²) in [6, 6.07) is 6.28. The van der Waals surface area contributed by atoms with E-state index in [0.29, 0.717) is 12.0 Å². The van der Waals surface area contributed by atoms with Crippen LogP contribution in [-0.4, -0.2) is 29.5 Å². The summed E-state index contributed by atoms with van der Waals surface area (Å²) in [5, 5.41) is 7.64. The number of thiol groups is 1. The largest absolute Gasteiger partial charge is 0.384 e. The first-order valence-corrected chi connectivity index (χ1v) is 12.1. The van der Waals surface area contributed by atoms with Gasteiger partial charge in [0.05, 0.1) is 6.61 Å². The summed E-state index contributed by atoms with van der Waals surface area (Å²) >= 11 is 5.94. The van der Waals surface area contributed by atoms with Gasteiger partial charge in [0.2, 0.25) is 0 Å². The molecule has 4 nitrogen and oxygen atoms in total. The zero-order valence-corrected chi connectivity index (χ0v) is 21.4. The smallest absolute Gasteiger partial charge is 0.123 e. The molecule has 1 aromatic carbocycles. The molecule has 0 heterocycles. The van der Waals surface area contributed by atoms with E-state index in [0.717, 1.165) is 30.9 Å². The van der Waals surface area contributed by atoms with Crippen LogP contribution in [0, 0.1) is 16.7 Å². The number of nitrogens with zero attached hydrogens (tertiary/aromatic N) is 1. The van der Waals surface area contributed by atoms with E-state index < -0.39 is 0 Å². The molecule has 2 rings (SSSR count). The van der Waals surface area contributed by atoms with Crippen LogP contribution in [0.4, 0.5) is 0 Å². The Bertz CT molecular complexity index is 598. The van der Waals surface area contributed by atoms with Crippen LogP contribution >= 0.6 is 24.9 Å². The van der Waals surface area contributed by atoms with Crippen LogP contribution in [0.15, 0.2) is 18.2 Å². The van der Waals surface area contributed by atoms with Crippen molar-refractivity contribution in [2.75, 3.05) is 19.4 Å². The highest BCUT2D eigenvalue weighted by atomic mass is 32.2. The first-order chi connectivity index (χ1) is 13.4. The van der Waals surface area contributed by atoms with Gasteiger partial charge in [0.25, 0.3) is 0 Å². The molecule has 0 aliphatic heterocycles. The fraction of sp³-hybridized carbons (Fsp3) is 0.696. The van der Waals surface area contributed by atoms with Gasteiger partial charge in [0.1, 0.15) is 5.84 Å². The second-order valence-electron chi connectivity index (χ2n) is 9.14. The van der Waals surface area contributed by atoms with Crippen molar-refractivity contribution >= 4 is 30.7 Å². The molecule has 1 aliphatic carbocycles. The second-order valence-corrected chi connectivity index (χ2v) is 10.2. The normalized spacial score (nSPS) is 15.3. The number of nitrogen functional groups attached to an aromatic ring is 1. The topological polar surface area (TPSA) is 62.3 Å². The van der Waals surface area contributed by atoms with Gasteiger partial charge < -0.3 is 9.92 Å². The molecule has 1 atom stereocenters. The summed E-state index contributed by atoms with van der Waals surface area (Å²) in [5.74, 6) is 0.980. The monoisotopic (exact) mass is 441 g/mol. The maximum absolute atomic E-state index is 7.64. The Morgan fingerprint density at radius 2 is 1.90 bits per heavy atom. The molecular weight excluding hydrogens is 398 g/mol. The molecule has 6 heteroatoms. The fourth-order valence-electron chi connectivity index (χ4n) is 2.56. The van der Waals surface area contributed by atoms with Gasteiger partial charge in [-0.1, -0.05) is 85.9 Å². The Balaban J connectivity index is 0.000000654. The summed E-state index contributed by atoms with van der Waals surface area (Å²) in [4.78, 5) is 0. The molecule has 0 unspecified atom stereocenters. The zero-order valence-electron chi connectivity index (χ0n) is 19.7. The number of fused-ring (bicyclic) bond motifs is 1. The third-order valence-corrected chi connectivity index (χ3v) is 5.35. The zero-order chi connectivity index (χ0) is 22.6. The van der Waals surface area contributed by atoms with Crippen LogP contribution in [0.1, 0.15) is 84.0 Å². The lowest BCUT2D eigenvalue weighted by Crippen LogP contribution is -2.22. The van der Waals surface area contributed by atoms with Crippen molar-refractivity contribution in [2.45, 2.75) is 73.8 Å². The summed E-state index contributed by atoms with van der Waals surface area (Å²) in [5.41, 5.74) is 9.48. The van der Waals surface area contributed by atoms with Crippen LogP contribution in [-0.2, 0) is 10.6 Å². The Morgan fingerprint density at radius 3 is 2.34 bits per heavy atom. The van der Waals surface area contributed by atoms with Gasteiger partial charge in [-0.05, 0) is 47.3 Å². The van der Waals surface area contributed by atoms with Gasteiger partial charge in [-0.3, -0.25) is 5.41 Å². The third kappa shape index (κ3) is 11.9. The second kappa shape index (κ2) is 14.3.